The molecule has 0 saturated heterocycles. The number of benzene rings is 2. The van der Waals surface area contributed by atoms with Crippen molar-refractivity contribution in [2.75, 3.05) is 0 Å². The Morgan fingerprint density at radius 1 is 1.12 bits per heavy atom. The van der Waals surface area contributed by atoms with Crippen molar-refractivity contribution in [3.05, 3.63) is 70.3 Å². The summed E-state index contributed by atoms with van der Waals surface area (Å²) in [4.78, 5) is 12.8. The SMILES string of the molecule is Cc1c(C(=O)CC2CCC2)c(-c2cccc(F)c2S(N)(=O)=O)c(C)n1-c1ccc(Cl)cc1. The number of rotatable bonds is 6. The lowest BCUT2D eigenvalue weighted by Crippen LogP contribution is -2.18. The Bertz CT molecular complexity index is 1310. The molecule has 32 heavy (non-hydrogen) atoms. The van der Waals surface area contributed by atoms with Crippen LogP contribution in [0.1, 0.15) is 47.4 Å². The van der Waals surface area contributed by atoms with Gasteiger partial charge in [0.05, 0.1) is 0 Å². The van der Waals surface area contributed by atoms with E-state index in [2.05, 4.69) is 0 Å². The van der Waals surface area contributed by atoms with E-state index in [1.54, 1.807) is 19.1 Å². The quantitative estimate of drug-likeness (QED) is 0.474. The number of nitrogens with two attached hydrogens (primary N) is 1. The van der Waals surface area contributed by atoms with Gasteiger partial charge in [-0.3, -0.25) is 4.79 Å². The first-order chi connectivity index (χ1) is 15.1. The van der Waals surface area contributed by atoms with Crippen LogP contribution < -0.4 is 5.14 Å². The number of primary sulfonamides is 1. The van der Waals surface area contributed by atoms with Gasteiger partial charge in [0.25, 0.3) is 0 Å². The third-order valence-corrected chi connectivity index (χ3v) is 7.46. The number of Topliss-reactive ketones (excluding diaryl/α,β-unsaturated/α-hetero) is 1. The lowest BCUT2D eigenvalue weighted by Gasteiger charge is -2.24. The topological polar surface area (TPSA) is 82.2 Å². The molecule has 0 atom stereocenters. The molecule has 1 aromatic heterocycles. The van der Waals surface area contributed by atoms with Crippen molar-refractivity contribution in [3.63, 3.8) is 0 Å². The molecular formula is C24H24ClFN2O3S. The van der Waals surface area contributed by atoms with Gasteiger partial charge in [-0.2, -0.15) is 0 Å². The van der Waals surface area contributed by atoms with E-state index in [4.69, 9.17) is 16.7 Å². The Morgan fingerprint density at radius 2 is 1.78 bits per heavy atom. The minimum absolute atomic E-state index is 0.0809. The van der Waals surface area contributed by atoms with Gasteiger partial charge >= 0.3 is 0 Å². The molecule has 0 spiro atoms. The molecule has 5 nitrogen and oxygen atoms in total. The van der Waals surface area contributed by atoms with E-state index in [0.717, 1.165) is 31.0 Å². The average molecular weight is 475 g/mol. The van der Waals surface area contributed by atoms with Gasteiger partial charge in [0.15, 0.2) is 5.78 Å². The molecule has 0 radical (unpaired) electrons. The Labute approximate surface area is 192 Å². The molecule has 2 N–H and O–H groups in total. The molecule has 1 aliphatic carbocycles. The first kappa shape index (κ1) is 22.7. The predicted octanol–water partition coefficient (Wildman–Crippen LogP) is 5.57. The maximum absolute atomic E-state index is 14.7. The van der Waals surface area contributed by atoms with Crippen molar-refractivity contribution in [2.24, 2.45) is 11.1 Å². The fraction of sp³-hybridized carbons (Fsp3) is 0.292. The highest BCUT2D eigenvalue weighted by molar-refractivity contribution is 7.89. The Kier molecular flexibility index (Phi) is 6.00. The van der Waals surface area contributed by atoms with Crippen LogP contribution in [0.15, 0.2) is 47.4 Å². The second-order valence-electron chi connectivity index (χ2n) is 8.32. The van der Waals surface area contributed by atoms with Crippen molar-refractivity contribution in [1.82, 2.24) is 4.57 Å². The molecular weight excluding hydrogens is 451 g/mol. The van der Waals surface area contributed by atoms with Crippen molar-refractivity contribution >= 4 is 27.4 Å². The molecule has 0 bridgehead atoms. The molecule has 3 aromatic rings. The van der Waals surface area contributed by atoms with Gasteiger partial charge in [0.2, 0.25) is 10.0 Å². The monoisotopic (exact) mass is 474 g/mol. The third-order valence-electron chi connectivity index (χ3n) is 6.23. The standard InChI is InChI=1S/C24H24ClFN2O3S/c1-14-22(19-7-4-8-20(26)24(19)32(27,30)31)23(21(29)13-16-5-3-6-16)15(2)28(14)18-11-9-17(25)10-12-18/h4,7-12,16H,3,5-6,13H2,1-2H3,(H2,27,30,31). The highest BCUT2D eigenvalue weighted by atomic mass is 35.5. The van der Waals surface area contributed by atoms with Crippen LogP contribution in [-0.2, 0) is 10.0 Å². The fourth-order valence-corrected chi connectivity index (χ4v) is 5.48. The lowest BCUT2D eigenvalue weighted by atomic mass is 9.80. The Hall–Kier alpha value is -2.48. The number of aromatic nitrogens is 1. The average Bonchev–Trinajstić information content (AvgIpc) is 2.94. The van der Waals surface area contributed by atoms with Gasteiger partial charge in [-0.05, 0) is 50.1 Å². The Morgan fingerprint density at radius 3 is 2.34 bits per heavy atom. The first-order valence-corrected chi connectivity index (χ1v) is 12.3. The van der Waals surface area contributed by atoms with E-state index >= 15 is 0 Å². The van der Waals surface area contributed by atoms with Gasteiger partial charge in [-0.25, -0.2) is 17.9 Å². The smallest absolute Gasteiger partial charge is 0.241 e. The van der Waals surface area contributed by atoms with E-state index in [0.29, 0.717) is 39.9 Å². The highest BCUT2D eigenvalue weighted by Gasteiger charge is 2.31. The number of halogens is 2. The van der Waals surface area contributed by atoms with Crippen LogP contribution in [-0.4, -0.2) is 18.8 Å². The van der Waals surface area contributed by atoms with Crippen LogP contribution >= 0.6 is 11.6 Å². The maximum Gasteiger partial charge on any atom is 0.241 e. The maximum atomic E-state index is 14.7. The number of nitrogens with zero attached hydrogens (tertiary/aromatic N) is 1. The van der Waals surface area contributed by atoms with E-state index in [-0.39, 0.29) is 11.3 Å². The van der Waals surface area contributed by atoms with Crippen LogP contribution in [0.3, 0.4) is 0 Å². The van der Waals surface area contributed by atoms with Crippen LogP contribution in [0.5, 0.6) is 0 Å². The van der Waals surface area contributed by atoms with Crippen molar-refractivity contribution in [2.45, 2.75) is 44.4 Å². The van der Waals surface area contributed by atoms with Crippen LogP contribution in [0.25, 0.3) is 16.8 Å². The van der Waals surface area contributed by atoms with Crippen LogP contribution in [0.4, 0.5) is 4.39 Å². The summed E-state index contributed by atoms with van der Waals surface area (Å²) in [6.45, 7) is 3.60. The molecule has 4 rings (SSSR count). The van der Waals surface area contributed by atoms with Gasteiger partial charge in [0, 0.05) is 45.2 Å². The molecule has 0 aliphatic heterocycles. The van der Waals surface area contributed by atoms with E-state index in [9.17, 15) is 17.6 Å². The van der Waals surface area contributed by atoms with E-state index < -0.39 is 20.7 Å². The minimum atomic E-state index is -4.37. The normalized spacial score (nSPS) is 14.4. The predicted molar refractivity (Wildman–Crippen MR) is 123 cm³/mol. The van der Waals surface area contributed by atoms with Crippen LogP contribution in [0.2, 0.25) is 5.02 Å². The summed E-state index contributed by atoms with van der Waals surface area (Å²) in [5, 5.41) is 5.95. The van der Waals surface area contributed by atoms with E-state index in [1.165, 1.54) is 12.1 Å². The molecule has 8 heteroatoms. The highest BCUT2D eigenvalue weighted by Crippen LogP contribution is 2.40. The zero-order valence-corrected chi connectivity index (χ0v) is 19.4. The van der Waals surface area contributed by atoms with Crippen molar-refractivity contribution < 1.29 is 17.6 Å². The summed E-state index contributed by atoms with van der Waals surface area (Å²) < 4.78 is 41.2. The summed E-state index contributed by atoms with van der Waals surface area (Å²) in [5.41, 5.74) is 2.94. The number of hydrogen-bond acceptors (Lipinski definition) is 3. The van der Waals surface area contributed by atoms with Crippen molar-refractivity contribution in [3.8, 4) is 16.8 Å². The zero-order chi connectivity index (χ0) is 23.2. The second-order valence-corrected chi connectivity index (χ2v) is 10.3. The molecule has 1 fully saturated rings. The lowest BCUT2D eigenvalue weighted by molar-refractivity contribution is 0.0936. The molecule has 1 aliphatic rings. The summed E-state index contributed by atoms with van der Waals surface area (Å²) in [6.07, 6.45) is 3.48. The first-order valence-electron chi connectivity index (χ1n) is 10.4. The Balaban J connectivity index is 2.02. The van der Waals surface area contributed by atoms with Gasteiger partial charge in [-0.1, -0.05) is 43.0 Å². The summed E-state index contributed by atoms with van der Waals surface area (Å²) in [7, 11) is -4.37. The molecule has 2 aromatic carbocycles. The summed E-state index contributed by atoms with van der Waals surface area (Å²) in [6, 6.07) is 11.1. The van der Waals surface area contributed by atoms with Gasteiger partial charge < -0.3 is 4.57 Å². The molecule has 0 unspecified atom stereocenters. The molecule has 168 valence electrons. The fourth-order valence-electron chi connectivity index (χ4n) is 4.54. The molecule has 1 saturated carbocycles. The molecule has 0 amide bonds. The second kappa shape index (κ2) is 8.46. The summed E-state index contributed by atoms with van der Waals surface area (Å²) >= 11 is 6.04. The van der Waals surface area contributed by atoms with E-state index in [1.807, 2.05) is 23.6 Å². The number of hydrogen-bond donors (Lipinski definition) is 1. The molecule has 1 heterocycles. The van der Waals surface area contributed by atoms with Gasteiger partial charge in [-0.15, -0.1) is 0 Å². The number of carbonyl (C=O) groups is 1. The number of sulfonamides is 1. The summed E-state index contributed by atoms with van der Waals surface area (Å²) in [5.74, 6) is -0.708. The number of carbonyl (C=O) groups excluding carboxylic acids is 1. The van der Waals surface area contributed by atoms with Crippen molar-refractivity contribution in [1.29, 1.82) is 0 Å². The number of ketones is 1. The zero-order valence-electron chi connectivity index (χ0n) is 17.9. The third kappa shape index (κ3) is 4.00. The largest absolute Gasteiger partial charge is 0.317 e. The minimum Gasteiger partial charge on any atom is -0.317 e. The van der Waals surface area contributed by atoms with Gasteiger partial charge in [0.1, 0.15) is 10.7 Å². The van der Waals surface area contributed by atoms with Crippen LogP contribution in [0, 0.1) is 25.6 Å².